The lowest BCUT2D eigenvalue weighted by atomic mass is 9.82. The van der Waals surface area contributed by atoms with Crippen molar-refractivity contribution in [1.82, 2.24) is 4.90 Å². The van der Waals surface area contributed by atoms with Crippen LogP contribution in [0.3, 0.4) is 0 Å². The maximum Gasteiger partial charge on any atom is 0.358 e. The highest BCUT2D eigenvalue weighted by molar-refractivity contribution is 6.07. The third-order valence-electron chi connectivity index (χ3n) is 5.43. The van der Waals surface area contributed by atoms with Crippen molar-refractivity contribution >= 4 is 29.3 Å². The molecule has 0 radical (unpaired) electrons. The van der Waals surface area contributed by atoms with Crippen LogP contribution < -0.4 is 5.73 Å². The van der Waals surface area contributed by atoms with E-state index in [9.17, 15) is 24.3 Å². The van der Waals surface area contributed by atoms with Crippen LogP contribution in [0.25, 0.3) is 5.57 Å². The van der Waals surface area contributed by atoms with Gasteiger partial charge in [-0.2, -0.15) is 0 Å². The predicted octanol–water partition coefficient (Wildman–Crippen LogP) is 1.20. The number of rotatable bonds is 6. The molecule has 1 saturated heterocycles. The molecule has 2 amide bonds. The van der Waals surface area contributed by atoms with Gasteiger partial charge in [-0.15, -0.1) is 0 Å². The first kappa shape index (κ1) is 22.5. The molecular formula is C22H26N2O7. The number of amides is 2. The van der Waals surface area contributed by atoms with Gasteiger partial charge in [-0.25, -0.2) is 4.79 Å². The van der Waals surface area contributed by atoms with Crippen LogP contribution in [-0.4, -0.2) is 52.7 Å². The van der Waals surface area contributed by atoms with Crippen LogP contribution in [0, 0.1) is 11.3 Å². The second-order valence-corrected chi connectivity index (χ2v) is 8.75. The van der Waals surface area contributed by atoms with Gasteiger partial charge >= 0.3 is 11.9 Å². The van der Waals surface area contributed by atoms with Crippen molar-refractivity contribution in [3.05, 3.63) is 41.1 Å². The summed E-state index contributed by atoms with van der Waals surface area (Å²) < 4.78 is 10.1. The van der Waals surface area contributed by atoms with Crippen molar-refractivity contribution in [3.8, 4) is 0 Å². The Morgan fingerprint density at radius 2 is 1.81 bits per heavy atom. The molecule has 3 rings (SSSR count). The Kier molecular flexibility index (Phi) is 5.91. The molecule has 1 aromatic carbocycles. The molecule has 2 aliphatic heterocycles. The molecule has 3 atom stereocenters. The minimum absolute atomic E-state index is 0.0468. The summed E-state index contributed by atoms with van der Waals surface area (Å²) in [4.78, 5) is 50.0. The number of nitrogens with zero attached hydrogens (tertiary/aromatic N) is 1. The molecule has 31 heavy (non-hydrogen) atoms. The zero-order chi connectivity index (χ0) is 23.1. The van der Waals surface area contributed by atoms with Crippen molar-refractivity contribution in [3.63, 3.8) is 0 Å². The van der Waals surface area contributed by atoms with Crippen LogP contribution in [-0.2, 0) is 23.9 Å². The highest BCUT2D eigenvalue weighted by atomic mass is 16.7. The summed E-state index contributed by atoms with van der Waals surface area (Å²) in [5.41, 5.74) is 6.05. The molecule has 0 saturated carbocycles. The van der Waals surface area contributed by atoms with Crippen molar-refractivity contribution in [2.24, 2.45) is 17.1 Å². The fraction of sp³-hybridized carbons (Fsp3) is 0.455. The first-order valence-electron chi connectivity index (χ1n) is 9.92. The standard InChI is InChI=1S/C22H26N2O7/c1-11(25)16-15-9-14(12-5-7-13(8-6-12)18(23)26)17(24(15)19(16)27)20(28)30-10-31-21(29)22(2,3)4/h5-8,11,15-16,25H,9-10H2,1-4H3,(H2,23,26). The first-order valence-corrected chi connectivity index (χ1v) is 9.92. The van der Waals surface area contributed by atoms with E-state index in [1.807, 2.05) is 0 Å². The Balaban J connectivity index is 1.86. The molecule has 9 heteroatoms. The van der Waals surface area contributed by atoms with Crippen LogP contribution in [0.4, 0.5) is 0 Å². The number of carbonyl (C=O) groups is 4. The van der Waals surface area contributed by atoms with Crippen molar-refractivity contribution in [2.45, 2.75) is 46.3 Å². The van der Waals surface area contributed by atoms with E-state index in [4.69, 9.17) is 15.2 Å². The van der Waals surface area contributed by atoms with Crippen molar-refractivity contribution < 1.29 is 33.8 Å². The van der Waals surface area contributed by atoms with Gasteiger partial charge in [-0.3, -0.25) is 14.4 Å². The molecule has 2 aliphatic rings. The molecular weight excluding hydrogens is 404 g/mol. The highest BCUT2D eigenvalue weighted by Gasteiger charge is 2.57. The Bertz CT molecular complexity index is 957. The van der Waals surface area contributed by atoms with E-state index in [-0.39, 0.29) is 17.6 Å². The summed E-state index contributed by atoms with van der Waals surface area (Å²) in [6.45, 7) is 5.96. The number of primary amides is 1. The third kappa shape index (κ3) is 4.18. The number of carbonyl (C=O) groups excluding carboxylic acids is 4. The summed E-state index contributed by atoms with van der Waals surface area (Å²) in [5, 5.41) is 9.96. The quantitative estimate of drug-likeness (QED) is 0.393. The normalized spacial score (nSPS) is 21.3. The van der Waals surface area contributed by atoms with Gasteiger partial charge in [0, 0.05) is 5.56 Å². The number of aliphatic hydroxyl groups is 1. The molecule has 2 heterocycles. The number of aliphatic hydroxyl groups excluding tert-OH is 1. The van der Waals surface area contributed by atoms with Crippen molar-refractivity contribution in [1.29, 1.82) is 0 Å². The second-order valence-electron chi connectivity index (χ2n) is 8.75. The summed E-state index contributed by atoms with van der Waals surface area (Å²) >= 11 is 0. The fourth-order valence-corrected chi connectivity index (χ4v) is 3.77. The van der Waals surface area contributed by atoms with E-state index >= 15 is 0 Å². The number of β-lactam (4-membered cyclic amide) rings is 1. The van der Waals surface area contributed by atoms with Gasteiger partial charge in [0.15, 0.2) is 0 Å². The molecule has 0 aromatic heterocycles. The number of esters is 2. The number of hydrogen-bond donors (Lipinski definition) is 2. The largest absolute Gasteiger partial charge is 0.427 e. The van der Waals surface area contributed by atoms with E-state index in [0.717, 1.165) is 0 Å². The van der Waals surface area contributed by atoms with Crippen LogP contribution in [0.2, 0.25) is 0 Å². The summed E-state index contributed by atoms with van der Waals surface area (Å²) in [5.74, 6) is -2.92. The number of fused-ring (bicyclic) bond motifs is 1. The maximum absolute atomic E-state index is 12.8. The minimum atomic E-state index is -0.865. The molecule has 9 nitrogen and oxygen atoms in total. The Hall–Kier alpha value is -3.20. The third-order valence-corrected chi connectivity index (χ3v) is 5.43. The van der Waals surface area contributed by atoms with Gasteiger partial charge in [0.1, 0.15) is 5.70 Å². The molecule has 0 aliphatic carbocycles. The summed E-state index contributed by atoms with van der Waals surface area (Å²) in [6, 6.07) is 5.95. The maximum atomic E-state index is 12.8. The summed E-state index contributed by atoms with van der Waals surface area (Å²) in [6.07, 6.45) is -0.529. The lowest BCUT2D eigenvalue weighted by Gasteiger charge is -2.44. The smallest absolute Gasteiger partial charge is 0.358 e. The van der Waals surface area contributed by atoms with E-state index in [1.165, 1.54) is 24.0 Å². The van der Waals surface area contributed by atoms with Gasteiger partial charge in [-0.1, -0.05) is 12.1 Å². The van der Waals surface area contributed by atoms with Crippen molar-refractivity contribution in [2.75, 3.05) is 6.79 Å². The molecule has 166 valence electrons. The molecule has 1 fully saturated rings. The topological polar surface area (TPSA) is 136 Å². The van der Waals surface area contributed by atoms with Crippen LogP contribution in [0.1, 0.15) is 50.0 Å². The monoisotopic (exact) mass is 430 g/mol. The Morgan fingerprint density at radius 1 is 1.19 bits per heavy atom. The van der Waals surface area contributed by atoms with E-state index in [2.05, 4.69) is 0 Å². The van der Waals surface area contributed by atoms with E-state index in [1.54, 1.807) is 32.9 Å². The highest BCUT2D eigenvalue weighted by Crippen LogP contribution is 2.47. The summed E-state index contributed by atoms with van der Waals surface area (Å²) in [7, 11) is 0. The number of hydrogen-bond acceptors (Lipinski definition) is 7. The lowest BCUT2D eigenvalue weighted by Crippen LogP contribution is -2.61. The van der Waals surface area contributed by atoms with Crippen LogP contribution in [0.5, 0.6) is 0 Å². The zero-order valence-electron chi connectivity index (χ0n) is 17.9. The van der Waals surface area contributed by atoms with E-state index < -0.39 is 42.1 Å². The number of ether oxygens (including phenoxy) is 2. The van der Waals surface area contributed by atoms with Gasteiger partial charge < -0.3 is 25.2 Å². The Labute approximate surface area is 179 Å². The fourth-order valence-electron chi connectivity index (χ4n) is 3.77. The minimum Gasteiger partial charge on any atom is -0.427 e. The van der Waals surface area contributed by atoms with Gasteiger partial charge in [0.2, 0.25) is 18.6 Å². The molecule has 0 bridgehead atoms. The number of benzene rings is 1. The predicted molar refractivity (Wildman–Crippen MR) is 109 cm³/mol. The van der Waals surface area contributed by atoms with E-state index in [0.29, 0.717) is 23.1 Å². The average molecular weight is 430 g/mol. The van der Waals surface area contributed by atoms with Gasteiger partial charge in [-0.05, 0) is 57.4 Å². The molecule has 3 N–H and O–H groups in total. The van der Waals surface area contributed by atoms with Crippen LogP contribution >= 0.6 is 0 Å². The first-order chi connectivity index (χ1) is 14.4. The Morgan fingerprint density at radius 3 is 2.32 bits per heavy atom. The number of nitrogens with two attached hydrogens (primary N) is 1. The molecule has 3 unspecified atom stereocenters. The van der Waals surface area contributed by atoms with Gasteiger partial charge in [0.25, 0.3) is 0 Å². The zero-order valence-corrected chi connectivity index (χ0v) is 17.9. The SMILES string of the molecule is CC(O)C1C(=O)N2C(C(=O)OCOC(=O)C(C)(C)C)=C(c3ccc(C(N)=O)cc3)CC12. The van der Waals surface area contributed by atoms with Crippen LogP contribution in [0.15, 0.2) is 30.0 Å². The molecule has 1 aromatic rings. The molecule has 0 spiro atoms. The van der Waals surface area contributed by atoms with Gasteiger partial charge in [0.05, 0.1) is 23.5 Å². The lowest BCUT2D eigenvalue weighted by molar-refractivity contribution is -0.175. The second kappa shape index (κ2) is 8.14. The average Bonchev–Trinajstić information content (AvgIpc) is 3.01.